The van der Waals surface area contributed by atoms with Crippen molar-refractivity contribution in [2.75, 3.05) is 0 Å². The minimum Gasteiger partial charge on any atom is -0.365 e. The first-order valence-electron chi connectivity index (χ1n) is 8.59. The Morgan fingerprint density at radius 1 is 1.04 bits per heavy atom. The zero-order chi connectivity index (χ0) is 18.2. The van der Waals surface area contributed by atoms with Crippen molar-refractivity contribution in [2.45, 2.75) is 19.3 Å². The molecule has 7 heteroatoms. The molecule has 2 aromatic carbocycles. The average molecular weight is 379 g/mol. The van der Waals surface area contributed by atoms with Crippen LogP contribution in [0.15, 0.2) is 65.2 Å². The molecule has 3 heterocycles. The topological polar surface area (TPSA) is 66.0 Å². The molecule has 0 spiro atoms. The van der Waals surface area contributed by atoms with Gasteiger partial charge in [0.25, 0.3) is 5.89 Å². The Kier molecular flexibility index (Phi) is 3.99. The second-order valence-electron chi connectivity index (χ2n) is 6.34. The Morgan fingerprint density at radius 2 is 1.85 bits per heavy atom. The predicted octanol–water partition coefficient (Wildman–Crippen LogP) is 4.53. The molecule has 0 bridgehead atoms. The number of benzene rings is 2. The molecule has 5 rings (SSSR count). The van der Waals surface area contributed by atoms with E-state index < -0.39 is 0 Å². The summed E-state index contributed by atoms with van der Waals surface area (Å²) in [6.07, 6.45) is -0.0150. The monoisotopic (exact) mass is 378 g/mol. The number of rotatable bonds is 3. The molecule has 1 aliphatic rings. The highest BCUT2D eigenvalue weighted by molar-refractivity contribution is 6.30. The molecule has 4 aromatic rings. The number of halogens is 1. The SMILES string of the molecule is Clc1ccc(-c2noc(-c3cc4n(n3)CC(c3ccccc3)OC4)n2)cc1. The molecule has 1 atom stereocenters. The van der Waals surface area contributed by atoms with Crippen LogP contribution in [-0.2, 0) is 17.9 Å². The summed E-state index contributed by atoms with van der Waals surface area (Å²) >= 11 is 5.93. The number of nitrogens with zero attached hydrogens (tertiary/aromatic N) is 4. The predicted molar refractivity (Wildman–Crippen MR) is 99.9 cm³/mol. The van der Waals surface area contributed by atoms with Crippen molar-refractivity contribution in [3.63, 3.8) is 0 Å². The summed E-state index contributed by atoms with van der Waals surface area (Å²) < 4.78 is 13.3. The maximum absolute atomic E-state index is 5.99. The fraction of sp³-hybridized carbons (Fsp3) is 0.150. The zero-order valence-electron chi connectivity index (χ0n) is 14.2. The zero-order valence-corrected chi connectivity index (χ0v) is 15.0. The van der Waals surface area contributed by atoms with Crippen molar-refractivity contribution < 1.29 is 9.26 Å². The van der Waals surface area contributed by atoms with Gasteiger partial charge in [0.1, 0.15) is 6.10 Å². The molecule has 0 amide bonds. The minimum absolute atomic E-state index is 0.0150. The van der Waals surface area contributed by atoms with Crippen LogP contribution in [0, 0.1) is 0 Å². The highest BCUT2D eigenvalue weighted by Gasteiger charge is 2.24. The summed E-state index contributed by atoms with van der Waals surface area (Å²) in [5.74, 6) is 0.893. The molecule has 134 valence electrons. The van der Waals surface area contributed by atoms with E-state index in [-0.39, 0.29) is 6.10 Å². The highest BCUT2D eigenvalue weighted by atomic mass is 35.5. The van der Waals surface area contributed by atoms with E-state index in [0.29, 0.717) is 35.6 Å². The van der Waals surface area contributed by atoms with Gasteiger partial charge in [0.05, 0.1) is 18.8 Å². The summed E-state index contributed by atoms with van der Waals surface area (Å²) in [5, 5.41) is 9.35. The van der Waals surface area contributed by atoms with Crippen LogP contribution in [0.5, 0.6) is 0 Å². The van der Waals surface area contributed by atoms with Crippen molar-refractivity contribution in [3.05, 3.63) is 76.9 Å². The third kappa shape index (κ3) is 3.13. The lowest BCUT2D eigenvalue weighted by Gasteiger charge is -2.24. The quantitative estimate of drug-likeness (QED) is 0.524. The van der Waals surface area contributed by atoms with E-state index in [1.165, 1.54) is 0 Å². The van der Waals surface area contributed by atoms with Crippen LogP contribution in [0.1, 0.15) is 17.4 Å². The summed E-state index contributed by atoms with van der Waals surface area (Å²) in [5.41, 5.74) is 3.62. The first-order chi connectivity index (χ1) is 13.3. The van der Waals surface area contributed by atoms with Crippen LogP contribution >= 0.6 is 11.6 Å². The Balaban J connectivity index is 1.40. The molecule has 0 saturated carbocycles. The second-order valence-corrected chi connectivity index (χ2v) is 6.78. The Morgan fingerprint density at radius 3 is 2.67 bits per heavy atom. The van der Waals surface area contributed by atoms with Gasteiger partial charge in [-0.15, -0.1) is 0 Å². The lowest BCUT2D eigenvalue weighted by Crippen LogP contribution is -2.21. The van der Waals surface area contributed by atoms with Crippen molar-refractivity contribution in [2.24, 2.45) is 0 Å². The van der Waals surface area contributed by atoms with E-state index in [9.17, 15) is 0 Å². The molecular weight excluding hydrogens is 364 g/mol. The third-order valence-electron chi connectivity index (χ3n) is 4.55. The molecule has 1 unspecified atom stereocenters. The second kappa shape index (κ2) is 6.64. The van der Waals surface area contributed by atoms with Gasteiger partial charge in [0.15, 0.2) is 5.69 Å². The van der Waals surface area contributed by atoms with Crippen molar-refractivity contribution in [1.82, 2.24) is 19.9 Å². The molecule has 0 fully saturated rings. The number of ether oxygens (including phenoxy) is 1. The molecule has 0 radical (unpaired) electrons. The summed E-state index contributed by atoms with van der Waals surface area (Å²) in [7, 11) is 0. The van der Waals surface area contributed by atoms with Gasteiger partial charge >= 0.3 is 0 Å². The molecule has 6 nitrogen and oxygen atoms in total. The lowest BCUT2D eigenvalue weighted by molar-refractivity contribution is -0.00113. The minimum atomic E-state index is -0.0150. The summed E-state index contributed by atoms with van der Waals surface area (Å²) in [6.45, 7) is 1.14. The van der Waals surface area contributed by atoms with Gasteiger partial charge in [0, 0.05) is 10.6 Å². The molecule has 27 heavy (non-hydrogen) atoms. The van der Waals surface area contributed by atoms with Crippen LogP contribution in [0.2, 0.25) is 5.02 Å². The molecule has 1 aliphatic heterocycles. The fourth-order valence-corrected chi connectivity index (χ4v) is 3.27. The maximum Gasteiger partial charge on any atom is 0.278 e. The normalized spacial score (nSPS) is 16.3. The first-order valence-corrected chi connectivity index (χ1v) is 8.97. The largest absolute Gasteiger partial charge is 0.365 e. The Labute approximate surface area is 160 Å². The van der Waals surface area contributed by atoms with Crippen LogP contribution in [0.4, 0.5) is 0 Å². The molecular formula is C20H15ClN4O2. The molecule has 0 aliphatic carbocycles. The van der Waals surface area contributed by atoms with Crippen molar-refractivity contribution >= 4 is 11.6 Å². The first kappa shape index (κ1) is 16.2. The smallest absolute Gasteiger partial charge is 0.278 e. The third-order valence-corrected chi connectivity index (χ3v) is 4.81. The summed E-state index contributed by atoms with van der Waals surface area (Å²) in [6, 6.07) is 19.4. The van der Waals surface area contributed by atoms with Crippen LogP contribution in [0.25, 0.3) is 23.0 Å². The molecule has 0 saturated heterocycles. The number of hydrogen-bond donors (Lipinski definition) is 0. The van der Waals surface area contributed by atoms with Gasteiger partial charge in [-0.25, -0.2) is 0 Å². The standard InChI is InChI=1S/C20H15ClN4O2/c21-15-8-6-14(7-9-15)19-22-20(27-24-19)17-10-16-12-26-18(11-25(16)23-17)13-4-2-1-3-5-13/h1-10,18H,11-12H2. The van der Waals surface area contributed by atoms with Gasteiger partial charge in [-0.3, -0.25) is 4.68 Å². The summed E-state index contributed by atoms with van der Waals surface area (Å²) in [4.78, 5) is 4.46. The Bertz CT molecular complexity index is 1070. The van der Waals surface area contributed by atoms with Gasteiger partial charge < -0.3 is 9.26 Å². The molecule has 0 N–H and O–H groups in total. The average Bonchev–Trinajstić information content (AvgIpc) is 3.36. The number of aromatic nitrogens is 4. The highest BCUT2D eigenvalue weighted by Crippen LogP contribution is 2.29. The van der Waals surface area contributed by atoms with Crippen LogP contribution in [-0.4, -0.2) is 19.9 Å². The lowest BCUT2D eigenvalue weighted by atomic mass is 10.1. The van der Waals surface area contributed by atoms with Crippen LogP contribution < -0.4 is 0 Å². The Hall–Kier alpha value is -2.96. The van der Waals surface area contributed by atoms with E-state index in [1.54, 1.807) is 12.1 Å². The number of fused-ring (bicyclic) bond motifs is 1. The van der Waals surface area contributed by atoms with Gasteiger partial charge in [-0.1, -0.05) is 47.1 Å². The van der Waals surface area contributed by atoms with E-state index in [4.69, 9.17) is 20.9 Å². The number of hydrogen-bond acceptors (Lipinski definition) is 5. The van der Waals surface area contributed by atoms with Crippen molar-refractivity contribution in [3.8, 4) is 23.0 Å². The van der Waals surface area contributed by atoms with E-state index in [2.05, 4.69) is 27.4 Å². The maximum atomic E-state index is 5.99. The fourth-order valence-electron chi connectivity index (χ4n) is 3.14. The van der Waals surface area contributed by atoms with Crippen LogP contribution in [0.3, 0.4) is 0 Å². The van der Waals surface area contributed by atoms with Gasteiger partial charge in [0.2, 0.25) is 5.82 Å². The van der Waals surface area contributed by atoms with E-state index >= 15 is 0 Å². The van der Waals surface area contributed by atoms with Gasteiger partial charge in [-0.05, 0) is 35.9 Å². The van der Waals surface area contributed by atoms with Crippen molar-refractivity contribution in [1.29, 1.82) is 0 Å². The van der Waals surface area contributed by atoms with Gasteiger partial charge in [-0.2, -0.15) is 10.1 Å². The van der Waals surface area contributed by atoms with E-state index in [1.807, 2.05) is 41.1 Å². The van der Waals surface area contributed by atoms with E-state index in [0.717, 1.165) is 16.8 Å². The molecule has 2 aromatic heterocycles.